The second-order valence-corrected chi connectivity index (χ2v) is 5.76. The van der Waals surface area contributed by atoms with Crippen LogP contribution < -0.4 is 0 Å². The number of aryl methyl sites for hydroxylation is 1. The van der Waals surface area contributed by atoms with E-state index in [1.54, 1.807) is 6.92 Å². The summed E-state index contributed by atoms with van der Waals surface area (Å²) in [5, 5.41) is 7.84. The summed E-state index contributed by atoms with van der Waals surface area (Å²) in [6.07, 6.45) is -2.71. The molecule has 3 aromatic rings. The SMILES string of the molecule is Cc1nc(C(F)F)n(Cc2nc(-c3ccc(C(C)C)cc3)no2)n1. The van der Waals surface area contributed by atoms with Crippen molar-refractivity contribution < 1.29 is 13.3 Å². The first-order valence-electron chi connectivity index (χ1n) is 7.56. The van der Waals surface area contributed by atoms with Crippen LogP contribution in [0.15, 0.2) is 28.8 Å². The Hall–Kier alpha value is -2.64. The third-order valence-electron chi connectivity index (χ3n) is 3.59. The van der Waals surface area contributed by atoms with Gasteiger partial charge in [-0.15, -0.1) is 0 Å². The topological polar surface area (TPSA) is 69.6 Å². The van der Waals surface area contributed by atoms with Crippen LogP contribution in [-0.2, 0) is 6.54 Å². The van der Waals surface area contributed by atoms with Gasteiger partial charge in [0, 0.05) is 5.56 Å². The lowest BCUT2D eigenvalue weighted by Crippen LogP contribution is -2.07. The maximum atomic E-state index is 12.9. The summed E-state index contributed by atoms with van der Waals surface area (Å²) in [6.45, 7) is 5.74. The van der Waals surface area contributed by atoms with Crippen LogP contribution >= 0.6 is 0 Å². The van der Waals surface area contributed by atoms with E-state index < -0.39 is 12.2 Å². The van der Waals surface area contributed by atoms with Gasteiger partial charge >= 0.3 is 0 Å². The van der Waals surface area contributed by atoms with Gasteiger partial charge in [-0.1, -0.05) is 43.3 Å². The zero-order valence-corrected chi connectivity index (χ0v) is 13.6. The maximum absolute atomic E-state index is 12.9. The van der Waals surface area contributed by atoms with Crippen molar-refractivity contribution in [2.45, 2.75) is 39.7 Å². The van der Waals surface area contributed by atoms with Crippen LogP contribution in [0.4, 0.5) is 8.78 Å². The van der Waals surface area contributed by atoms with E-state index >= 15 is 0 Å². The first-order valence-corrected chi connectivity index (χ1v) is 7.56. The van der Waals surface area contributed by atoms with Crippen LogP contribution in [-0.4, -0.2) is 24.9 Å². The first-order chi connectivity index (χ1) is 11.4. The zero-order valence-electron chi connectivity index (χ0n) is 13.6. The Balaban J connectivity index is 1.81. The Bertz CT molecular complexity index is 823. The number of aromatic nitrogens is 5. The number of hydrogen-bond donors (Lipinski definition) is 0. The molecule has 0 aliphatic rings. The molecule has 0 unspecified atom stereocenters. The van der Waals surface area contributed by atoms with Crippen molar-refractivity contribution in [1.82, 2.24) is 24.9 Å². The minimum atomic E-state index is -2.71. The molecular weight excluding hydrogens is 316 g/mol. The molecule has 0 fully saturated rings. The Morgan fingerprint density at radius 2 is 1.83 bits per heavy atom. The summed E-state index contributed by atoms with van der Waals surface area (Å²) in [5.41, 5.74) is 2.01. The van der Waals surface area contributed by atoms with Crippen molar-refractivity contribution in [3.8, 4) is 11.4 Å². The molecule has 6 nitrogen and oxygen atoms in total. The first kappa shape index (κ1) is 16.2. The Labute approximate surface area is 137 Å². The fourth-order valence-electron chi connectivity index (χ4n) is 2.33. The summed E-state index contributed by atoms with van der Waals surface area (Å²) in [4.78, 5) is 7.96. The molecule has 0 radical (unpaired) electrons. The van der Waals surface area contributed by atoms with Gasteiger partial charge in [-0.05, 0) is 18.4 Å². The van der Waals surface area contributed by atoms with Crippen molar-refractivity contribution in [3.63, 3.8) is 0 Å². The average molecular weight is 333 g/mol. The van der Waals surface area contributed by atoms with Gasteiger partial charge in [0.1, 0.15) is 12.4 Å². The molecule has 126 valence electrons. The van der Waals surface area contributed by atoms with Gasteiger partial charge in [0.25, 0.3) is 6.43 Å². The van der Waals surface area contributed by atoms with E-state index in [2.05, 4.69) is 34.1 Å². The predicted octanol–water partition coefficient (Wildman–Crippen LogP) is 3.75. The lowest BCUT2D eigenvalue weighted by molar-refractivity contribution is 0.133. The fraction of sp³-hybridized carbons (Fsp3) is 0.375. The molecule has 8 heteroatoms. The molecule has 2 aromatic heterocycles. The molecule has 2 heterocycles. The van der Waals surface area contributed by atoms with Crippen LogP contribution in [0, 0.1) is 6.92 Å². The molecule has 0 saturated heterocycles. The highest BCUT2D eigenvalue weighted by Crippen LogP contribution is 2.21. The molecule has 1 aromatic carbocycles. The second-order valence-electron chi connectivity index (χ2n) is 5.76. The highest BCUT2D eigenvalue weighted by atomic mass is 19.3. The van der Waals surface area contributed by atoms with Gasteiger partial charge in [0.05, 0.1) is 0 Å². The minimum absolute atomic E-state index is 0.0441. The van der Waals surface area contributed by atoms with Gasteiger partial charge in [-0.3, -0.25) is 0 Å². The molecule has 0 bridgehead atoms. The molecule has 3 rings (SSSR count). The van der Waals surface area contributed by atoms with Crippen LogP contribution in [0.25, 0.3) is 11.4 Å². The van der Waals surface area contributed by atoms with Gasteiger partial charge < -0.3 is 4.52 Å². The van der Waals surface area contributed by atoms with Crippen molar-refractivity contribution in [2.24, 2.45) is 0 Å². The van der Waals surface area contributed by atoms with Gasteiger partial charge in [-0.25, -0.2) is 18.4 Å². The monoisotopic (exact) mass is 333 g/mol. The van der Waals surface area contributed by atoms with Gasteiger partial charge in [0.15, 0.2) is 5.82 Å². The quantitative estimate of drug-likeness (QED) is 0.711. The Kier molecular flexibility index (Phi) is 4.37. The molecular formula is C16H17F2N5O. The van der Waals surface area contributed by atoms with E-state index in [-0.39, 0.29) is 18.3 Å². The lowest BCUT2D eigenvalue weighted by Gasteiger charge is -2.04. The minimum Gasteiger partial charge on any atom is -0.337 e. The van der Waals surface area contributed by atoms with E-state index in [4.69, 9.17) is 4.52 Å². The van der Waals surface area contributed by atoms with Crippen LogP contribution in [0.5, 0.6) is 0 Å². The molecule has 0 saturated carbocycles. The summed E-state index contributed by atoms with van der Waals surface area (Å²) in [6, 6.07) is 7.83. The van der Waals surface area contributed by atoms with E-state index in [1.807, 2.05) is 24.3 Å². The molecule has 0 atom stereocenters. The number of rotatable bonds is 5. The van der Waals surface area contributed by atoms with E-state index in [9.17, 15) is 8.78 Å². The second kappa shape index (κ2) is 6.46. The zero-order chi connectivity index (χ0) is 17.3. The third kappa shape index (κ3) is 3.32. The summed E-state index contributed by atoms with van der Waals surface area (Å²) in [7, 11) is 0. The largest absolute Gasteiger partial charge is 0.337 e. The molecule has 0 N–H and O–H groups in total. The van der Waals surface area contributed by atoms with Gasteiger partial charge in [0.2, 0.25) is 11.7 Å². The number of halogens is 2. The highest BCUT2D eigenvalue weighted by Gasteiger charge is 2.19. The van der Waals surface area contributed by atoms with Crippen molar-refractivity contribution in [1.29, 1.82) is 0 Å². The standard InChI is InChI=1S/C16H17F2N5O/c1-9(2)11-4-6-12(7-5-11)15-20-13(24-22-15)8-23-16(14(17)18)19-10(3)21-23/h4-7,9,14H,8H2,1-3H3. The summed E-state index contributed by atoms with van der Waals surface area (Å²) in [5.74, 6) is 0.909. The third-order valence-corrected chi connectivity index (χ3v) is 3.59. The smallest absolute Gasteiger partial charge is 0.297 e. The highest BCUT2D eigenvalue weighted by molar-refractivity contribution is 5.54. The van der Waals surface area contributed by atoms with Crippen molar-refractivity contribution in [3.05, 3.63) is 47.4 Å². The Morgan fingerprint density at radius 3 is 2.46 bits per heavy atom. The average Bonchev–Trinajstić information content (AvgIpc) is 3.14. The maximum Gasteiger partial charge on any atom is 0.297 e. The van der Waals surface area contributed by atoms with E-state index in [1.165, 1.54) is 5.56 Å². The number of hydrogen-bond acceptors (Lipinski definition) is 5. The van der Waals surface area contributed by atoms with Crippen LogP contribution in [0.3, 0.4) is 0 Å². The molecule has 24 heavy (non-hydrogen) atoms. The lowest BCUT2D eigenvalue weighted by atomic mass is 10.0. The van der Waals surface area contributed by atoms with Crippen LogP contribution in [0.1, 0.15) is 49.3 Å². The molecule has 0 aliphatic heterocycles. The van der Waals surface area contributed by atoms with Crippen molar-refractivity contribution in [2.75, 3.05) is 0 Å². The Morgan fingerprint density at radius 1 is 1.12 bits per heavy atom. The molecule has 0 amide bonds. The van der Waals surface area contributed by atoms with E-state index in [0.717, 1.165) is 10.2 Å². The summed E-state index contributed by atoms with van der Waals surface area (Å²) < 4.78 is 32.1. The fourth-order valence-corrected chi connectivity index (χ4v) is 2.33. The number of alkyl halides is 2. The molecule has 0 aliphatic carbocycles. The van der Waals surface area contributed by atoms with Crippen LogP contribution in [0.2, 0.25) is 0 Å². The number of nitrogens with zero attached hydrogens (tertiary/aromatic N) is 5. The number of benzene rings is 1. The predicted molar refractivity (Wildman–Crippen MR) is 82.6 cm³/mol. The van der Waals surface area contributed by atoms with E-state index in [0.29, 0.717) is 11.7 Å². The molecule has 0 spiro atoms. The van der Waals surface area contributed by atoms with Crippen molar-refractivity contribution >= 4 is 0 Å². The summed E-state index contributed by atoms with van der Waals surface area (Å²) >= 11 is 0. The van der Waals surface area contributed by atoms with Gasteiger partial charge in [-0.2, -0.15) is 10.1 Å². The normalized spacial score (nSPS) is 11.6.